The maximum Gasteiger partial charge on any atom is 0.240 e. The average molecular weight is 272 g/mol. The first-order chi connectivity index (χ1) is 9.40. The Labute approximate surface area is 119 Å². The molecule has 0 bridgehead atoms. The summed E-state index contributed by atoms with van der Waals surface area (Å²) in [6, 6.07) is 1.96. The standard InChI is InChI=1S/C16H20N2O2/c1-6-11-8-12(7-2)15(18-10-20)13(16(3,4)5)14(11)17-9-19/h8H,6-7H2,1-5H3. The molecular weight excluding hydrogens is 252 g/mol. The monoisotopic (exact) mass is 272 g/mol. The van der Waals surface area contributed by atoms with Gasteiger partial charge in [0, 0.05) is 5.56 Å². The SMILES string of the molecule is CCc1cc(CC)c(N=C=O)c(C(C)(C)C)c1N=C=O. The first-order valence-corrected chi connectivity index (χ1v) is 6.75. The second kappa shape index (κ2) is 6.42. The molecule has 0 heterocycles. The summed E-state index contributed by atoms with van der Waals surface area (Å²) in [5.74, 6) is 0. The second-order valence-electron chi connectivity index (χ2n) is 5.63. The van der Waals surface area contributed by atoms with Crippen molar-refractivity contribution in [3.63, 3.8) is 0 Å². The van der Waals surface area contributed by atoms with Gasteiger partial charge in [0.05, 0.1) is 11.4 Å². The molecule has 0 amide bonds. The number of hydrogen-bond acceptors (Lipinski definition) is 4. The number of aliphatic imine (C=N–C) groups is 2. The molecule has 4 nitrogen and oxygen atoms in total. The van der Waals surface area contributed by atoms with E-state index in [-0.39, 0.29) is 5.41 Å². The Morgan fingerprint density at radius 1 is 0.950 bits per heavy atom. The van der Waals surface area contributed by atoms with Crippen LogP contribution in [0.25, 0.3) is 0 Å². The fraction of sp³-hybridized carbons (Fsp3) is 0.500. The van der Waals surface area contributed by atoms with Crippen LogP contribution < -0.4 is 0 Å². The molecule has 0 spiro atoms. The summed E-state index contributed by atoms with van der Waals surface area (Å²) in [7, 11) is 0. The van der Waals surface area contributed by atoms with Crippen LogP contribution in [0.2, 0.25) is 0 Å². The largest absolute Gasteiger partial charge is 0.240 e. The van der Waals surface area contributed by atoms with E-state index >= 15 is 0 Å². The predicted octanol–water partition coefficient (Wildman–Crippen LogP) is 4.04. The normalized spacial score (nSPS) is 10.7. The van der Waals surface area contributed by atoms with Crippen LogP contribution in [0.3, 0.4) is 0 Å². The number of aryl methyl sites for hydroxylation is 2. The van der Waals surface area contributed by atoms with E-state index in [2.05, 4.69) is 9.98 Å². The van der Waals surface area contributed by atoms with Crippen LogP contribution >= 0.6 is 0 Å². The zero-order chi connectivity index (χ0) is 15.3. The third-order valence-electron chi connectivity index (χ3n) is 3.26. The molecule has 1 aromatic rings. The van der Waals surface area contributed by atoms with Crippen molar-refractivity contribution >= 4 is 23.5 Å². The zero-order valence-corrected chi connectivity index (χ0v) is 12.7. The van der Waals surface area contributed by atoms with E-state index in [1.165, 1.54) is 0 Å². The summed E-state index contributed by atoms with van der Waals surface area (Å²) in [5, 5.41) is 0. The Hall–Kier alpha value is -2.02. The van der Waals surface area contributed by atoms with Crippen LogP contribution in [0.5, 0.6) is 0 Å². The van der Waals surface area contributed by atoms with E-state index in [9.17, 15) is 9.59 Å². The van der Waals surface area contributed by atoms with Crippen molar-refractivity contribution < 1.29 is 9.59 Å². The first-order valence-electron chi connectivity index (χ1n) is 6.75. The smallest absolute Gasteiger partial charge is 0.211 e. The highest BCUT2D eigenvalue weighted by atomic mass is 16.1. The molecule has 0 aromatic heterocycles. The number of isocyanates is 2. The summed E-state index contributed by atoms with van der Waals surface area (Å²) in [4.78, 5) is 29.2. The van der Waals surface area contributed by atoms with Crippen molar-refractivity contribution in [2.45, 2.75) is 52.9 Å². The molecule has 20 heavy (non-hydrogen) atoms. The minimum Gasteiger partial charge on any atom is -0.211 e. The lowest BCUT2D eigenvalue weighted by Crippen LogP contribution is -2.14. The Balaban J connectivity index is 3.95. The van der Waals surface area contributed by atoms with Gasteiger partial charge in [0.15, 0.2) is 0 Å². The molecule has 106 valence electrons. The zero-order valence-electron chi connectivity index (χ0n) is 12.7. The fourth-order valence-corrected chi connectivity index (χ4v) is 2.38. The van der Waals surface area contributed by atoms with Gasteiger partial charge in [-0.25, -0.2) is 9.59 Å². The first kappa shape index (κ1) is 16.0. The van der Waals surface area contributed by atoms with Crippen LogP contribution in [0.4, 0.5) is 11.4 Å². The van der Waals surface area contributed by atoms with Gasteiger partial charge in [0.25, 0.3) is 0 Å². The summed E-state index contributed by atoms with van der Waals surface area (Å²) in [6.07, 6.45) is 4.73. The molecular formula is C16H20N2O2. The number of rotatable bonds is 4. The van der Waals surface area contributed by atoms with E-state index in [1.54, 1.807) is 12.2 Å². The van der Waals surface area contributed by atoms with E-state index < -0.39 is 0 Å². The summed E-state index contributed by atoms with van der Waals surface area (Å²) >= 11 is 0. The second-order valence-corrected chi connectivity index (χ2v) is 5.63. The summed E-state index contributed by atoms with van der Waals surface area (Å²) in [6.45, 7) is 10.0. The lowest BCUT2D eigenvalue weighted by molar-refractivity contribution is 0.564. The fourth-order valence-electron chi connectivity index (χ4n) is 2.38. The van der Waals surface area contributed by atoms with Gasteiger partial charge in [0.1, 0.15) is 0 Å². The van der Waals surface area contributed by atoms with Gasteiger partial charge < -0.3 is 0 Å². The molecule has 1 aromatic carbocycles. The number of hydrogen-bond donors (Lipinski definition) is 0. The molecule has 0 N–H and O–H groups in total. The Kier molecular flexibility index (Phi) is 5.15. The molecule has 0 unspecified atom stereocenters. The third-order valence-corrected chi connectivity index (χ3v) is 3.26. The van der Waals surface area contributed by atoms with Crippen molar-refractivity contribution in [2.75, 3.05) is 0 Å². The van der Waals surface area contributed by atoms with Crippen molar-refractivity contribution in [3.8, 4) is 0 Å². The van der Waals surface area contributed by atoms with Gasteiger partial charge in [-0.1, -0.05) is 40.7 Å². The molecule has 0 saturated heterocycles. The Morgan fingerprint density at radius 2 is 1.35 bits per heavy atom. The van der Waals surface area contributed by atoms with Crippen LogP contribution in [0.15, 0.2) is 16.1 Å². The van der Waals surface area contributed by atoms with E-state index in [4.69, 9.17) is 0 Å². The number of carbonyl (C=O) groups excluding carboxylic acids is 2. The van der Waals surface area contributed by atoms with E-state index in [0.717, 1.165) is 29.5 Å². The van der Waals surface area contributed by atoms with Crippen LogP contribution in [-0.2, 0) is 27.8 Å². The van der Waals surface area contributed by atoms with Gasteiger partial charge in [0.2, 0.25) is 12.2 Å². The Bertz CT molecular complexity index is 556. The van der Waals surface area contributed by atoms with E-state index in [1.807, 2.05) is 40.7 Å². The van der Waals surface area contributed by atoms with Crippen molar-refractivity contribution in [1.29, 1.82) is 0 Å². The van der Waals surface area contributed by atoms with Crippen LogP contribution in [0.1, 0.15) is 51.3 Å². The molecule has 0 radical (unpaired) electrons. The maximum atomic E-state index is 10.7. The van der Waals surface area contributed by atoms with Crippen molar-refractivity contribution in [2.24, 2.45) is 9.98 Å². The van der Waals surface area contributed by atoms with E-state index in [0.29, 0.717) is 11.4 Å². The predicted molar refractivity (Wildman–Crippen MR) is 79.5 cm³/mol. The molecule has 0 fully saturated rings. The lowest BCUT2D eigenvalue weighted by Gasteiger charge is -2.25. The highest BCUT2D eigenvalue weighted by Gasteiger charge is 2.26. The van der Waals surface area contributed by atoms with Gasteiger partial charge in [-0.05, 0) is 29.4 Å². The molecule has 0 atom stereocenters. The summed E-state index contributed by atoms with van der Waals surface area (Å²) < 4.78 is 0. The maximum absolute atomic E-state index is 10.7. The van der Waals surface area contributed by atoms with Crippen LogP contribution in [-0.4, -0.2) is 12.2 Å². The van der Waals surface area contributed by atoms with Gasteiger partial charge in [-0.3, -0.25) is 0 Å². The highest BCUT2D eigenvalue weighted by Crippen LogP contribution is 2.43. The van der Waals surface area contributed by atoms with Gasteiger partial charge in [-0.15, -0.1) is 0 Å². The molecule has 0 aliphatic heterocycles. The quantitative estimate of drug-likeness (QED) is 0.613. The molecule has 0 saturated carbocycles. The summed E-state index contributed by atoms with van der Waals surface area (Å²) in [5.41, 5.74) is 3.63. The molecule has 1 rings (SSSR count). The average Bonchev–Trinajstić information content (AvgIpc) is 2.38. The highest BCUT2D eigenvalue weighted by molar-refractivity contribution is 5.74. The lowest BCUT2D eigenvalue weighted by atomic mass is 9.81. The molecule has 0 aliphatic rings. The van der Waals surface area contributed by atoms with Crippen molar-refractivity contribution in [3.05, 3.63) is 22.8 Å². The molecule has 0 aliphatic carbocycles. The number of nitrogens with zero attached hydrogens (tertiary/aromatic N) is 2. The van der Waals surface area contributed by atoms with Gasteiger partial charge >= 0.3 is 0 Å². The Morgan fingerprint density at radius 3 is 1.60 bits per heavy atom. The minimum atomic E-state index is -0.291. The van der Waals surface area contributed by atoms with Gasteiger partial charge in [-0.2, -0.15) is 9.98 Å². The topological polar surface area (TPSA) is 58.9 Å². The minimum absolute atomic E-state index is 0.291. The van der Waals surface area contributed by atoms with Crippen molar-refractivity contribution in [1.82, 2.24) is 0 Å². The van der Waals surface area contributed by atoms with Crippen LogP contribution in [0, 0.1) is 0 Å². The molecule has 4 heteroatoms. The number of benzene rings is 1. The third kappa shape index (κ3) is 3.11.